The second-order valence-electron chi connectivity index (χ2n) is 6.36. The topological polar surface area (TPSA) is 49.0 Å². The molecule has 2 aromatic rings. The standard InChI is InChI=1S/C20H19NO4/c1-3-16-18(24-11-22-16)9-14(1)20(13-5-7-21-8-6-13)15-2-4-17-19(10-15)25-12-23-17/h1-4,9-10,21H,5-8,11-12H2. The summed E-state index contributed by atoms with van der Waals surface area (Å²) in [4.78, 5) is 0. The van der Waals surface area contributed by atoms with E-state index in [1.807, 2.05) is 12.1 Å². The number of hydrogen-bond donors (Lipinski definition) is 1. The minimum absolute atomic E-state index is 0.290. The van der Waals surface area contributed by atoms with Gasteiger partial charge in [0, 0.05) is 0 Å². The molecular formula is C20H19NO4. The lowest BCUT2D eigenvalue weighted by Gasteiger charge is -2.21. The van der Waals surface area contributed by atoms with Crippen LogP contribution in [0.25, 0.3) is 5.57 Å². The summed E-state index contributed by atoms with van der Waals surface area (Å²) in [5.41, 5.74) is 5.02. The van der Waals surface area contributed by atoms with E-state index in [0.29, 0.717) is 13.6 Å². The summed E-state index contributed by atoms with van der Waals surface area (Å²) in [5, 5.41) is 3.43. The van der Waals surface area contributed by atoms with Crippen molar-refractivity contribution in [2.75, 3.05) is 26.7 Å². The van der Waals surface area contributed by atoms with Gasteiger partial charge >= 0.3 is 0 Å². The van der Waals surface area contributed by atoms with Crippen molar-refractivity contribution in [2.45, 2.75) is 12.8 Å². The van der Waals surface area contributed by atoms with Gasteiger partial charge in [-0.05, 0) is 66.9 Å². The second-order valence-corrected chi connectivity index (χ2v) is 6.36. The van der Waals surface area contributed by atoms with Gasteiger partial charge in [-0.1, -0.05) is 17.7 Å². The highest BCUT2D eigenvalue weighted by Gasteiger charge is 2.21. The van der Waals surface area contributed by atoms with Crippen LogP contribution in [0.1, 0.15) is 24.0 Å². The highest BCUT2D eigenvalue weighted by Crippen LogP contribution is 2.41. The van der Waals surface area contributed by atoms with Gasteiger partial charge in [0.05, 0.1) is 0 Å². The van der Waals surface area contributed by atoms with Gasteiger partial charge in [0.15, 0.2) is 23.0 Å². The van der Waals surface area contributed by atoms with Crippen LogP contribution in [0.4, 0.5) is 0 Å². The van der Waals surface area contributed by atoms with Crippen LogP contribution >= 0.6 is 0 Å². The summed E-state index contributed by atoms with van der Waals surface area (Å²) in [7, 11) is 0. The number of nitrogens with one attached hydrogen (secondary N) is 1. The Morgan fingerprint density at radius 2 is 1.20 bits per heavy atom. The fourth-order valence-corrected chi connectivity index (χ4v) is 3.66. The molecule has 5 heteroatoms. The third-order valence-corrected chi connectivity index (χ3v) is 4.88. The molecule has 1 saturated heterocycles. The van der Waals surface area contributed by atoms with Crippen LogP contribution in [0.15, 0.2) is 42.0 Å². The summed E-state index contributed by atoms with van der Waals surface area (Å²) in [6.45, 7) is 2.60. The Labute approximate surface area is 146 Å². The highest BCUT2D eigenvalue weighted by atomic mass is 16.7. The van der Waals surface area contributed by atoms with Crippen molar-refractivity contribution in [1.29, 1.82) is 0 Å². The maximum Gasteiger partial charge on any atom is 0.231 e. The van der Waals surface area contributed by atoms with Crippen molar-refractivity contribution in [3.8, 4) is 23.0 Å². The first-order valence-corrected chi connectivity index (χ1v) is 8.61. The van der Waals surface area contributed by atoms with E-state index in [0.717, 1.165) is 60.1 Å². The summed E-state index contributed by atoms with van der Waals surface area (Å²) in [5.74, 6) is 3.24. The highest BCUT2D eigenvalue weighted by molar-refractivity contribution is 5.84. The van der Waals surface area contributed by atoms with E-state index in [1.54, 1.807) is 0 Å². The lowest BCUT2D eigenvalue weighted by atomic mass is 9.88. The molecule has 0 bridgehead atoms. The maximum absolute atomic E-state index is 5.58. The first-order valence-electron chi connectivity index (χ1n) is 8.61. The minimum atomic E-state index is 0.290. The molecule has 1 fully saturated rings. The van der Waals surface area contributed by atoms with Crippen LogP contribution in [0.2, 0.25) is 0 Å². The zero-order chi connectivity index (χ0) is 16.6. The summed E-state index contributed by atoms with van der Waals surface area (Å²) >= 11 is 0. The molecule has 0 amide bonds. The first kappa shape index (κ1) is 14.7. The van der Waals surface area contributed by atoms with Gasteiger partial charge in [0.2, 0.25) is 13.6 Å². The summed E-state index contributed by atoms with van der Waals surface area (Å²) in [6, 6.07) is 12.4. The molecule has 25 heavy (non-hydrogen) atoms. The molecule has 2 aromatic carbocycles. The molecule has 0 aromatic heterocycles. The van der Waals surface area contributed by atoms with E-state index in [2.05, 4.69) is 29.6 Å². The Bertz CT molecular complexity index is 791. The monoisotopic (exact) mass is 337 g/mol. The minimum Gasteiger partial charge on any atom is -0.454 e. The number of ether oxygens (including phenoxy) is 4. The van der Waals surface area contributed by atoms with Crippen LogP contribution in [-0.2, 0) is 0 Å². The van der Waals surface area contributed by atoms with Gasteiger partial charge in [0.1, 0.15) is 0 Å². The van der Waals surface area contributed by atoms with E-state index in [4.69, 9.17) is 18.9 Å². The molecule has 0 saturated carbocycles. The molecule has 3 heterocycles. The van der Waals surface area contributed by atoms with Crippen molar-refractivity contribution >= 4 is 5.57 Å². The fraction of sp³-hybridized carbons (Fsp3) is 0.300. The maximum atomic E-state index is 5.58. The zero-order valence-electron chi connectivity index (χ0n) is 13.8. The molecule has 0 aliphatic carbocycles. The van der Waals surface area contributed by atoms with Gasteiger partial charge in [-0.15, -0.1) is 0 Å². The second kappa shape index (κ2) is 6.01. The Balaban J connectivity index is 1.64. The van der Waals surface area contributed by atoms with Crippen molar-refractivity contribution < 1.29 is 18.9 Å². The quantitative estimate of drug-likeness (QED) is 0.911. The lowest BCUT2D eigenvalue weighted by Crippen LogP contribution is -2.23. The van der Waals surface area contributed by atoms with E-state index in [-0.39, 0.29) is 0 Å². The smallest absolute Gasteiger partial charge is 0.231 e. The number of rotatable bonds is 2. The predicted octanol–water partition coefficient (Wildman–Crippen LogP) is 3.33. The van der Waals surface area contributed by atoms with Crippen LogP contribution < -0.4 is 24.3 Å². The van der Waals surface area contributed by atoms with E-state index in [1.165, 1.54) is 11.1 Å². The number of piperidine rings is 1. The average molecular weight is 337 g/mol. The van der Waals surface area contributed by atoms with Gasteiger partial charge in [-0.2, -0.15) is 0 Å². The van der Waals surface area contributed by atoms with Gasteiger partial charge < -0.3 is 24.3 Å². The lowest BCUT2D eigenvalue weighted by molar-refractivity contribution is 0.173. The van der Waals surface area contributed by atoms with Crippen LogP contribution in [0.3, 0.4) is 0 Å². The van der Waals surface area contributed by atoms with E-state index in [9.17, 15) is 0 Å². The van der Waals surface area contributed by atoms with Crippen LogP contribution in [0, 0.1) is 0 Å². The first-order chi connectivity index (χ1) is 12.4. The zero-order valence-corrected chi connectivity index (χ0v) is 13.8. The fourth-order valence-electron chi connectivity index (χ4n) is 3.66. The van der Waals surface area contributed by atoms with Gasteiger partial charge in [-0.3, -0.25) is 0 Å². The Kier molecular flexibility index (Phi) is 3.52. The van der Waals surface area contributed by atoms with Crippen molar-refractivity contribution in [3.63, 3.8) is 0 Å². The van der Waals surface area contributed by atoms with Gasteiger partial charge in [-0.25, -0.2) is 0 Å². The number of fused-ring (bicyclic) bond motifs is 2. The molecule has 1 N–H and O–H groups in total. The molecule has 0 atom stereocenters. The third-order valence-electron chi connectivity index (χ3n) is 4.88. The Morgan fingerprint density at radius 3 is 1.76 bits per heavy atom. The van der Waals surface area contributed by atoms with Crippen LogP contribution in [0.5, 0.6) is 23.0 Å². The van der Waals surface area contributed by atoms with Crippen molar-refractivity contribution in [2.24, 2.45) is 0 Å². The molecular weight excluding hydrogens is 318 g/mol. The van der Waals surface area contributed by atoms with E-state index >= 15 is 0 Å². The molecule has 3 aliphatic rings. The number of hydrogen-bond acceptors (Lipinski definition) is 5. The normalized spacial score (nSPS) is 17.7. The SMILES string of the molecule is c1cc2c(cc1C(=C1CCNCC1)c1ccc3c(c1)OCO3)OCO2. The van der Waals surface area contributed by atoms with Crippen molar-refractivity contribution in [3.05, 3.63) is 53.1 Å². The van der Waals surface area contributed by atoms with Gasteiger partial charge in [0.25, 0.3) is 0 Å². The molecule has 0 unspecified atom stereocenters. The number of benzene rings is 2. The summed E-state index contributed by atoms with van der Waals surface area (Å²) in [6.07, 6.45) is 2.08. The predicted molar refractivity (Wildman–Crippen MR) is 93.3 cm³/mol. The molecule has 0 radical (unpaired) electrons. The molecule has 0 spiro atoms. The third kappa shape index (κ3) is 2.61. The summed E-state index contributed by atoms with van der Waals surface area (Å²) < 4.78 is 22.1. The molecule has 128 valence electrons. The Hall–Kier alpha value is -2.66. The largest absolute Gasteiger partial charge is 0.454 e. The Morgan fingerprint density at radius 1 is 0.680 bits per heavy atom. The molecule has 3 aliphatic heterocycles. The van der Waals surface area contributed by atoms with E-state index < -0.39 is 0 Å². The molecule has 5 rings (SSSR count). The molecule has 5 nitrogen and oxygen atoms in total. The van der Waals surface area contributed by atoms with Crippen molar-refractivity contribution in [1.82, 2.24) is 5.32 Å². The van der Waals surface area contributed by atoms with Crippen LogP contribution in [-0.4, -0.2) is 26.7 Å². The average Bonchev–Trinajstić information content (AvgIpc) is 3.31.